The predicted molar refractivity (Wildman–Crippen MR) is 67.5 cm³/mol. The van der Waals surface area contributed by atoms with Gasteiger partial charge in [0.2, 0.25) is 0 Å². The molecule has 1 atom stereocenters. The highest BCUT2D eigenvalue weighted by atomic mass is 16.5. The van der Waals surface area contributed by atoms with Gasteiger partial charge in [0.05, 0.1) is 5.60 Å². The average Bonchev–Trinajstić information content (AvgIpc) is 2.33. The molecule has 1 saturated heterocycles. The Morgan fingerprint density at radius 3 is 2.59 bits per heavy atom. The minimum atomic E-state index is 0.113. The fraction of sp³-hybridized carbons (Fsp3) is 1.00. The Labute approximate surface area is 104 Å². The lowest BCUT2D eigenvalue weighted by Crippen LogP contribution is -2.48. The molecule has 0 radical (unpaired) electrons. The Bertz CT molecular complexity index is 220. The molecule has 0 amide bonds. The first-order valence-electron chi connectivity index (χ1n) is 6.87. The number of rotatable bonds is 6. The van der Waals surface area contributed by atoms with Crippen molar-refractivity contribution in [2.24, 2.45) is 11.8 Å². The van der Waals surface area contributed by atoms with Crippen LogP contribution in [0, 0.1) is 5.92 Å². The highest BCUT2D eigenvalue weighted by Gasteiger charge is 2.39. The second kappa shape index (κ2) is 6.14. The van der Waals surface area contributed by atoms with E-state index in [2.05, 4.69) is 5.43 Å². The maximum Gasteiger partial charge on any atom is 0.0694 e. The summed E-state index contributed by atoms with van der Waals surface area (Å²) >= 11 is 0. The van der Waals surface area contributed by atoms with Crippen molar-refractivity contribution in [2.75, 3.05) is 20.3 Å². The molecule has 0 bridgehead atoms. The molecular formula is C13H26N2O2. The minimum absolute atomic E-state index is 0.113. The quantitative estimate of drug-likeness (QED) is 0.548. The first kappa shape index (κ1) is 13.3. The smallest absolute Gasteiger partial charge is 0.0694 e. The molecule has 3 N–H and O–H groups in total. The summed E-state index contributed by atoms with van der Waals surface area (Å²) in [4.78, 5) is 0. The molecule has 1 aliphatic heterocycles. The number of methoxy groups -OCH3 is 1. The van der Waals surface area contributed by atoms with E-state index in [1.807, 2.05) is 7.11 Å². The molecule has 2 aliphatic rings. The molecular weight excluding hydrogens is 216 g/mol. The van der Waals surface area contributed by atoms with Gasteiger partial charge < -0.3 is 9.47 Å². The van der Waals surface area contributed by atoms with E-state index in [1.165, 1.54) is 32.1 Å². The van der Waals surface area contributed by atoms with E-state index >= 15 is 0 Å². The minimum Gasteiger partial charge on any atom is -0.381 e. The van der Waals surface area contributed by atoms with E-state index in [9.17, 15) is 0 Å². The monoisotopic (exact) mass is 242 g/mol. The first-order valence-corrected chi connectivity index (χ1v) is 6.87. The van der Waals surface area contributed by atoms with Gasteiger partial charge in [-0.1, -0.05) is 0 Å². The summed E-state index contributed by atoms with van der Waals surface area (Å²) in [6.45, 7) is 1.83. The fourth-order valence-corrected chi connectivity index (χ4v) is 3.11. The van der Waals surface area contributed by atoms with Gasteiger partial charge in [-0.25, -0.2) is 0 Å². The second-order valence-electron chi connectivity index (χ2n) is 5.60. The number of ether oxygens (including phenoxy) is 2. The zero-order valence-electron chi connectivity index (χ0n) is 10.9. The van der Waals surface area contributed by atoms with Crippen molar-refractivity contribution >= 4 is 0 Å². The van der Waals surface area contributed by atoms with Crippen molar-refractivity contribution in [2.45, 2.75) is 56.6 Å². The largest absolute Gasteiger partial charge is 0.381 e. The van der Waals surface area contributed by atoms with Crippen LogP contribution in [0.25, 0.3) is 0 Å². The van der Waals surface area contributed by atoms with Gasteiger partial charge in [-0.05, 0) is 50.9 Å². The molecule has 1 saturated carbocycles. The van der Waals surface area contributed by atoms with Crippen molar-refractivity contribution in [3.8, 4) is 0 Å². The molecule has 0 aromatic carbocycles. The number of hydrogen-bond acceptors (Lipinski definition) is 4. The van der Waals surface area contributed by atoms with E-state index in [0.29, 0.717) is 6.04 Å². The zero-order valence-corrected chi connectivity index (χ0v) is 10.9. The van der Waals surface area contributed by atoms with Gasteiger partial charge in [0.15, 0.2) is 0 Å². The SMILES string of the molecule is COC1(CC(CC2CCOCC2)NN)CCC1. The maximum absolute atomic E-state index is 5.69. The molecule has 0 aromatic rings. The molecule has 2 rings (SSSR count). The zero-order chi connectivity index (χ0) is 12.1. The van der Waals surface area contributed by atoms with Crippen molar-refractivity contribution in [3.05, 3.63) is 0 Å². The Morgan fingerprint density at radius 1 is 1.41 bits per heavy atom. The Morgan fingerprint density at radius 2 is 2.12 bits per heavy atom. The Hall–Kier alpha value is -0.160. The van der Waals surface area contributed by atoms with E-state index in [-0.39, 0.29) is 5.60 Å². The number of hydrogen-bond donors (Lipinski definition) is 2. The molecule has 4 heteroatoms. The van der Waals surface area contributed by atoms with Crippen molar-refractivity contribution in [3.63, 3.8) is 0 Å². The van der Waals surface area contributed by atoms with Crippen LogP contribution in [0.1, 0.15) is 44.9 Å². The second-order valence-corrected chi connectivity index (χ2v) is 5.60. The van der Waals surface area contributed by atoms with Gasteiger partial charge in [-0.15, -0.1) is 0 Å². The summed E-state index contributed by atoms with van der Waals surface area (Å²) in [7, 11) is 1.83. The van der Waals surface area contributed by atoms with Crippen LogP contribution in [0.3, 0.4) is 0 Å². The van der Waals surface area contributed by atoms with Crippen molar-refractivity contribution in [1.29, 1.82) is 0 Å². The van der Waals surface area contributed by atoms with Crippen LogP contribution in [-0.4, -0.2) is 32.0 Å². The molecule has 1 unspecified atom stereocenters. The Kier molecular flexibility index (Phi) is 4.79. The molecule has 1 aliphatic carbocycles. The van der Waals surface area contributed by atoms with E-state index < -0.39 is 0 Å². The highest BCUT2D eigenvalue weighted by molar-refractivity contribution is 4.93. The van der Waals surface area contributed by atoms with E-state index in [4.69, 9.17) is 15.3 Å². The third-order valence-corrected chi connectivity index (χ3v) is 4.51. The number of nitrogens with one attached hydrogen (secondary N) is 1. The standard InChI is InChI=1S/C13H26N2O2/c1-16-13(5-2-6-13)10-12(15-14)9-11-3-7-17-8-4-11/h11-12,15H,2-10,14H2,1H3. The predicted octanol–water partition coefficient (Wildman–Crippen LogP) is 1.59. The topological polar surface area (TPSA) is 56.5 Å². The van der Waals surface area contributed by atoms with Crippen LogP contribution < -0.4 is 11.3 Å². The lowest BCUT2D eigenvalue weighted by Gasteiger charge is -2.43. The molecule has 100 valence electrons. The molecule has 1 heterocycles. The van der Waals surface area contributed by atoms with E-state index in [1.54, 1.807) is 0 Å². The van der Waals surface area contributed by atoms with Gasteiger partial charge in [-0.3, -0.25) is 11.3 Å². The summed E-state index contributed by atoms with van der Waals surface area (Å²) in [5.41, 5.74) is 3.10. The van der Waals surface area contributed by atoms with E-state index in [0.717, 1.165) is 32.0 Å². The third-order valence-electron chi connectivity index (χ3n) is 4.51. The van der Waals surface area contributed by atoms with Crippen molar-refractivity contribution in [1.82, 2.24) is 5.43 Å². The summed E-state index contributed by atoms with van der Waals surface area (Å²) in [6, 6.07) is 0.387. The number of nitrogens with two attached hydrogens (primary N) is 1. The molecule has 17 heavy (non-hydrogen) atoms. The van der Waals surface area contributed by atoms with Crippen LogP contribution in [0.4, 0.5) is 0 Å². The summed E-state index contributed by atoms with van der Waals surface area (Å²) < 4.78 is 11.1. The molecule has 0 aromatic heterocycles. The number of hydrazine groups is 1. The van der Waals surface area contributed by atoms with Crippen LogP contribution in [0.15, 0.2) is 0 Å². The van der Waals surface area contributed by atoms with Gasteiger partial charge in [0.25, 0.3) is 0 Å². The first-order chi connectivity index (χ1) is 8.28. The van der Waals surface area contributed by atoms with Gasteiger partial charge in [0.1, 0.15) is 0 Å². The van der Waals surface area contributed by atoms with Crippen LogP contribution >= 0.6 is 0 Å². The van der Waals surface area contributed by atoms with Crippen molar-refractivity contribution < 1.29 is 9.47 Å². The van der Waals surface area contributed by atoms with Gasteiger partial charge in [0, 0.05) is 26.4 Å². The molecule has 4 nitrogen and oxygen atoms in total. The summed E-state index contributed by atoms with van der Waals surface area (Å²) in [5.74, 6) is 6.46. The van der Waals surface area contributed by atoms with Gasteiger partial charge >= 0.3 is 0 Å². The lowest BCUT2D eigenvalue weighted by atomic mass is 9.74. The molecule has 2 fully saturated rings. The third kappa shape index (κ3) is 3.41. The highest BCUT2D eigenvalue weighted by Crippen LogP contribution is 2.39. The van der Waals surface area contributed by atoms with Crippen LogP contribution in [-0.2, 0) is 9.47 Å². The Balaban J connectivity index is 1.79. The maximum atomic E-state index is 5.69. The lowest BCUT2D eigenvalue weighted by molar-refractivity contribution is -0.0854. The fourth-order valence-electron chi connectivity index (χ4n) is 3.11. The van der Waals surface area contributed by atoms with Gasteiger partial charge in [-0.2, -0.15) is 0 Å². The molecule has 0 spiro atoms. The summed E-state index contributed by atoms with van der Waals surface area (Å²) in [5, 5.41) is 0. The van der Waals surface area contributed by atoms with Crippen LogP contribution in [0.2, 0.25) is 0 Å². The van der Waals surface area contributed by atoms with Crippen LogP contribution in [0.5, 0.6) is 0 Å². The summed E-state index contributed by atoms with van der Waals surface area (Å²) in [6.07, 6.45) is 8.24. The normalized spacial score (nSPS) is 26.5. The average molecular weight is 242 g/mol.